The minimum Gasteiger partial charge on any atom is -0.380 e. The number of amides is 1. The van der Waals surface area contributed by atoms with Crippen LogP contribution in [0.2, 0.25) is 0 Å². The Kier molecular flexibility index (Phi) is 4.72. The van der Waals surface area contributed by atoms with E-state index < -0.39 is 0 Å². The summed E-state index contributed by atoms with van der Waals surface area (Å²) in [5, 5.41) is 5.65. The maximum absolute atomic E-state index is 11.6. The third kappa shape index (κ3) is 3.51. The van der Waals surface area contributed by atoms with Crippen LogP contribution in [0.1, 0.15) is 17.3 Å². The molecule has 5 heteroatoms. The molecule has 1 aromatic heterocycles. The first kappa shape index (κ1) is 12.4. The van der Waals surface area contributed by atoms with Crippen LogP contribution in [0.25, 0.3) is 0 Å². The molecule has 1 heterocycles. The molecule has 0 spiro atoms. The van der Waals surface area contributed by atoms with Gasteiger partial charge in [0.05, 0.1) is 11.7 Å². The molecule has 0 radical (unpaired) electrons. The second-order valence-electron chi connectivity index (χ2n) is 3.44. The van der Waals surface area contributed by atoms with Gasteiger partial charge in [-0.25, -0.2) is 4.98 Å². The SMILES string of the molecule is CNc1ccc(C(=O)NCC(C)OC)cn1. The van der Waals surface area contributed by atoms with Gasteiger partial charge < -0.3 is 15.4 Å². The third-order valence-corrected chi connectivity index (χ3v) is 2.23. The van der Waals surface area contributed by atoms with Gasteiger partial charge in [0.2, 0.25) is 0 Å². The van der Waals surface area contributed by atoms with Crippen molar-refractivity contribution in [2.24, 2.45) is 0 Å². The zero-order chi connectivity index (χ0) is 12.0. The molecule has 0 saturated heterocycles. The first-order chi connectivity index (χ1) is 7.67. The van der Waals surface area contributed by atoms with E-state index in [0.29, 0.717) is 12.1 Å². The number of aromatic nitrogens is 1. The first-order valence-electron chi connectivity index (χ1n) is 5.12. The van der Waals surface area contributed by atoms with Crippen molar-refractivity contribution < 1.29 is 9.53 Å². The minimum atomic E-state index is -0.140. The van der Waals surface area contributed by atoms with Gasteiger partial charge >= 0.3 is 0 Å². The Labute approximate surface area is 95.2 Å². The van der Waals surface area contributed by atoms with E-state index in [1.54, 1.807) is 32.5 Å². The Morgan fingerprint density at radius 1 is 1.56 bits per heavy atom. The van der Waals surface area contributed by atoms with Crippen molar-refractivity contribution in [3.63, 3.8) is 0 Å². The number of methoxy groups -OCH3 is 1. The van der Waals surface area contributed by atoms with Gasteiger partial charge in [0.15, 0.2) is 0 Å². The molecule has 1 rings (SSSR count). The lowest BCUT2D eigenvalue weighted by Gasteiger charge is -2.10. The minimum absolute atomic E-state index is 0.00786. The fourth-order valence-corrected chi connectivity index (χ4v) is 1.10. The van der Waals surface area contributed by atoms with Gasteiger partial charge in [-0.15, -0.1) is 0 Å². The number of pyridine rings is 1. The third-order valence-electron chi connectivity index (χ3n) is 2.23. The summed E-state index contributed by atoms with van der Waals surface area (Å²) < 4.78 is 5.03. The molecule has 16 heavy (non-hydrogen) atoms. The van der Waals surface area contributed by atoms with E-state index in [1.807, 2.05) is 6.92 Å². The maximum Gasteiger partial charge on any atom is 0.252 e. The highest BCUT2D eigenvalue weighted by Crippen LogP contribution is 2.03. The molecule has 88 valence electrons. The Morgan fingerprint density at radius 3 is 2.81 bits per heavy atom. The number of anilines is 1. The van der Waals surface area contributed by atoms with Crippen molar-refractivity contribution in [3.8, 4) is 0 Å². The van der Waals surface area contributed by atoms with Crippen LogP contribution in [-0.4, -0.2) is 37.7 Å². The van der Waals surface area contributed by atoms with Crippen molar-refractivity contribution in [2.75, 3.05) is 26.0 Å². The van der Waals surface area contributed by atoms with Crippen molar-refractivity contribution >= 4 is 11.7 Å². The zero-order valence-corrected chi connectivity index (χ0v) is 9.78. The van der Waals surface area contributed by atoms with E-state index in [1.165, 1.54) is 0 Å². The zero-order valence-electron chi connectivity index (χ0n) is 9.78. The number of carbonyl (C=O) groups is 1. The van der Waals surface area contributed by atoms with Crippen molar-refractivity contribution in [3.05, 3.63) is 23.9 Å². The van der Waals surface area contributed by atoms with E-state index in [2.05, 4.69) is 15.6 Å². The van der Waals surface area contributed by atoms with E-state index in [-0.39, 0.29) is 12.0 Å². The van der Waals surface area contributed by atoms with Crippen molar-refractivity contribution in [1.29, 1.82) is 0 Å². The molecule has 0 aliphatic carbocycles. The second-order valence-corrected chi connectivity index (χ2v) is 3.44. The Bertz CT molecular complexity index is 338. The topological polar surface area (TPSA) is 63.2 Å². The Hall–Kier alpha value is -1.62. The van der Waals surface area contributed by atoms with Crippen LogP contribution < -0.4 is 10.6 Å². The smallest absolute Gasteiger partial charge is 0.252 e. The average molecular weight is 223 g/mol. The number of hydrogen-bond donors (Lipinski definition) is 2. The first-order valence-corrected chi connectivity index (χ1v) is 5.12. The average Bonchev–Trinajstić information content (AvgIpc) is 2.35. The number of nitrogens with one attached hydrogen (secondary N) is 2. The molecule has 0 aliphatic heterocycles. The lowest BCUT2D eigenvalue weighted by Crippen LogP contribution is -2.31. The van der Waals surface area contributed by atoms with E-state index >= 15 is 0 Å². The number of ether oxygens (including phenoxy) is 1. The summed E-state index contributed by atoms with van der Waals surface area (Å²) in [7, 11) is 3.39. The van der Waals surface area contributed by atoms with Crippen LogP contribution in [-0.2, 0) is 4.74 Å². The van der Waals surface area contributed by atoms with Gasteiger partial charge in [-0.1, -0.05) is 0 Å². The van der Waals surface area contributed by atoms with Crippen LogP contribution >= 0.6 is 0 Å². The molecule has 1 aromatic rings. The van der Waals surface area contributed by atoms with Gasteiger partial charge in [-0.05, 0) is 19.1 Å². The molecule has 0 saturated carbocycles. The molecule has 0 aromatic carbocycles. The number of carbonyl (C=O) groups excluding carboxylic acids is 1. The van der Waals surface area contributed by atoms with E-state index in [0.717, 1.165) is 5.82 Å². The van der Waals surface area contributed by atoms with Gasteiger partial charge in [-0.3, -0.25) is 4.79 Å². The second kappa shape index (κ2) is 6.07. The molecule has 1 unspecified atom stereocenters. The largest absolute Gasteiger partial charge is 0.380 e. The highest BCUT2D eigenvalue weighted by Gasteiger charge is 2.07. The number of rotatable bonds is 5. The summed E-state index contributed by atoms with van der Waals surface area (Å²) in [5.41, 5.74) is 0.544. The summed E-state index contributed by atoms with van der Waals surface area (Å²) in [4.78, 5) is 15.7. The molecule has 0 aliphatic rings. The Balaban J connectivity index is 2.52. The van der Waals surface area contributed by atoms with Crippen molar-refractivity contribution in [1.82, 2.24) is 10.3 Å². The number of hydrogen-bond acceptors (Lipinski definition) is 4. The molecule has 5 nitrogen and oxygen atoms in total. The van der Waals surface area contributed by atoms with Gasteiger partial charge in [0.1, 0.15) is 5.82 Å². The quantitative estimate of drug-likeness (QED) is 0.778. The van der Waals surface area contributed by atoms with E-state index in [9.17, 15) is 4.79 Å². The van der Waals surface area contributed by atoms with Gasteiger partial charge in [-0.2, -0.15) is 0 Å². The summed E-state index contributed by atoms with van der Waals surface area (Å²) in [6.45, 7) is 2.38. The molecule has 2 N–H and O–H groups in total. The fraction of sp³-hybridized carbons (Fsp3) is 0.455. The predicted molar refractivity (Wildman–Crippen MR) is 62.6 cm³/mol. The molecular formula is C11H17N3O2. The molecule has 1 atom stereocenters. The van der Waals surface area contributed by atoms with Gasteiger partial charge in [0.25, 0.3) is 5.91 Å². The number of nitrogens with zero attached hydrogens (tertiary/aromatic N) is 1. The molecule has 1 amide bonds. The van der Waals surface area contributed by atoms with Crippen LogP contribution in [0.15, 0.2) is 18.3 Å². The van der Waals surface area contributed by atoms with Crippen LogP contribution in [0.5, 0.6) is 0 Å². The summed E-state index contributed by atoms with van der Waals surface area (Å²) in [5.74, 6) is 0.598. The highest BCUT2D eigenvalue weighted by molar-refractivity contribution is 5.94. The van der Waals surface area contributed by atoms with Crippen LogP contribution in [0, 0.1) is 0 Å². The van der Waals surface area contributed by atoms with Crippen LogP contribution in [0.4, 0.5) is 5.82 Å². The molecular weight excluding hydrogens is 206 g/mol. The standard InChI is InChI=1S/C11H17N3O2/c1-8(16-3)6-14-11(15)9-4-5-10(12-2)13-7-9/h4-5,7-8H,6H2,1-3H3,(H,12,13)(H,14,15). The summed E-state index contributed by atoms with van der Waals surface area (Å²) >= 11 is 0. The predicted octanol–water partition coefficient (Wildman–Crippen LogP) is 0.888. The highest BCUT2D eigenvalue weighted by atomic mass is 16.5. The van der Waals surface area contributed by atoms with E-state index in [4.69, 9.17) is 4.74 Å². The van der Waals surface area contributed by atoms with Crippen molar-refractivity contribution in [2.45, 2.75) is 13.0 Å². The maximum atomic E-state index is 11.6. The fourth-order valence-electron chi connectivity index (χ4n) is 1.10. The summed E-state index contributed by atoms with van der Waals surface area (Å²) in [6, 6.07) is 3.49. The monoisotopic (exact) mass is 223 g/mol. The Morgan fingerprint density at radius 2 is 2.31 bits per heavy atom. The normalized spacial score (nSPS) is 11.9. The summed E-state index contributed by atoms with van der Waals surface area (Å²) in [6.07, 6.45) is 1.55. The molecule has 0 bridgehead atoms. The van der Waals surface area contributed by atoms with Gasteiger partial charge in [0, 0.05) is 26.9 Å². The lowest BCUT2D eigenvalue weighted by atomic mass is 10.2. The molecule has 0 fully saturated rings. The lowest BCUT2D eigenvalue weighted by molar-refractivity contribution is 0.0870. The van der Waals surface area contributed by atoms with Crippen LogP contribution in [0.3, 0.4) is 0 Å².